The van der Waals surface area contributed by atoms with E-state index >= 15 is 0 Å². The van der Waals surface area contributed by atoms with Crippen molar-refractivity contribution in [2.24, 2.45) is 0 Å². The molecule has 20 heavy (non-hydrogen) atoms. The summed E-state index contributed by atoms with van der Waals surface area (Å²) in [5, 5.41) is 3.91. The van der Waals surface area contributed by atoms with Crippen LogP contribution < -0.4 is 0 Å². The quantitative estimate of drug-likeness (QED) is 0.861. The summed E-state index contributed by atoms with van der Waals surface area (Å²) in [4.78, 5) is 4.57. The molecule has 0 radical (unpaired) electrons. The van der Waals surface area contributed by atoms with Crippen LogP contribution in [0.15, 0.2) is 33.7 Å². The molecule has 3 rings (SSSR count). The summed E-state index contributed by atoms with van der Waals surface area (Å²) >= 11 is 0. The number of hydrogen-bond acceptors (Lipinski definition) is 6. The van der Waals surface area contributed by atoms with Gasteiger partial charge >= 0.3 is 0 Å². The van der Waals surface area contributed by atoms with Gasteiger partial charge in [-0.15, -0.1) is 0 Å². The van der Waals surface area contributed by atoms with Gasteiger partial charge in [0.05, 0.1) is 4.90 Å². The van der Waals surface area contributed by atoms with Gasteiger partial charge in [0.15, 0.2) is 9.84 Å². The van der Waals surface area contributed by atoms with E-state index in [0.717, 1.165) is 12.8 Å². The van der Waals surface area contributed by atoms with Crippen LogP contribution in [0, 0.1) is 0 Å². The van der Waals surface area contributed by atoms with Crippen molar-refractivity contribution in [1.82, 2.24) is 10.1 Å². The lowest BCUT2D eigenvalue weighted by Crippen LogP contribution is -1.97. The molecule has 0 amide bonds. The first-order valence-corrected chi connectivity index (χ1v) is 8.19. The maximum absolute atomic E-state index is 11.4. The molecular formula is C13H14N2O4S. The molecule has 1 saturated heterocycles. The maximum Gasteiger partial charge on any atom is 0.256 e. The van der Waals surface area contributed by atoms with Gasteiger partial charge in [-0.05, 0) is 37.1 Å². The van der Waals surface area contributed by atoms with Gasteiger partial charge in [0.2, 0.25) is 5.82 Å². The second kappa shape index (κ2) is 4.99. The lowest BCUT2D eigenvalue weighted by Gasteiger charge is -2.01. The Hall–Kier alpha value is -1.73. The summed E-state index contributed by atoms with van der Waals surface area (Å²) in [5.41, 5.74) is 0.713. The Morgan fingerprint density at radius 3 is 2.60 bits per heavy atom. The second-order valence-electron chi connectivity index (χ2n) is 4.75. The van der Waals surface area contributed by atoms with Crippen LogP contribution >= 0.6 is 0 Å². The predicted octanol–water partition coefficient (Wildman–Crippen LogP) is 1.99. The molecule has 0 saturated carbocycles. The van der Waals surface area contributed by atoms with E-state index in [1.165, 1.54) is 18.4 Å². The van der Waals surface area contributed by atoms with Gasteiger partial charge in [-0.3, -0.25) is 0 Å². The van der Waals surface area contributed by atoms with E-state index in [-0.39, 0.29) is 11.0 Å². The van der Waals surface area contributed by atoms with Crippen LogP contribution in [0.2, 0.25) is 0 Å². The summed E-state index contributed by atoms with van der Waals surface area (Å²) in [6, 6.07) is 6.40. The highest BCUT2D eigenvalue weighted by molar-refractivity contribution is 7.90. The molecule has 1 aromatic carbocycles. The highest BCUT2D eigenvalue weighted by atomic mass is 32.2. The van der Waals surface area contributed by atoms with Gasteiger partial charge in [-0.25, -0.2) is 8.42 Å². The zero-order valence-corrected chi connectivity index (χ0v) is 11.8. The van der Waals surface area contributed by atoms with Crippen LogP contribution in [-0.2, 0) is 14.6 Å². The SMILES string of the molecule is CS(=O)(=O)c1ccc(-c2noc([C@H]3CCCO3)n2)cc1. The Morgan fingerprint density at radius 2 is 2.00 bits per heavy atom. The number of ether oxygens (including phenoxy) is 1. The molecule has 7 heteroatoms. The Kier molecular flexibility index (Phi) is 3.31. The molecule has 0 unspecified atom stereocenters. The summed E-state index contributed by atoms with van der Waals surface area (Å²) < 4.78 is 33.5. The molecule has 0 aliphatic carbocycles. The van der Waals surface area contributed by atoms with Crippen molar-refractivity contribution in [3.63, 3.8) is 0 Å². The Balaban J connectivity index is 1.86. The predicted molar refractivity (Wildman–Crippen MR) is 70.8 cm³/mol. The van der Waals surface area contributed by atoms with Crippen LogP contribution in [0.3, 0.4) is 0 Å². The summed E-state index contributed by atoms with van der Waals surface area (Å²) in [7, 11) is -3.19. The van der Waals surface area contributed by atoms with E-state index in [1.807, 2.05) is 0 Å². The zero-order valence-electron chi connectivity index (χ0n) is 10.9. The van der Waals surface area contributed by atoms with E-state index in [9.17, 15) is 8.42 Å². The summed E-state index contributed by atoms with van der Waals surface area (Å²) in [6.07, 6.45) is 2.93. The molecule has 2 heterocycles. The highest BCUT2D eigenvalue weighted by Gasteiger charge is 2.24. The zero-order chi connectivity index (χ0) is 14.2. The lowest BCUT2D eigenvalue weighted by molar-refractivity contribution is 0.0835. The summed E-state index contributed by atoms with van der Waals surface area (Å²) in [5.74, 6) is 0.917. The van der Waals surface area contributed by atoms with Crippen molar-refractivity contribution in [3.05, 3.63) is 30.2 Å². The minimum Gasteiger partial charge on any atom is -0.368 e. The molecule has 1 aliphatic heterocycles. The number of hydrogen-bond donors (Lipinski definition) is 0. The molecule has 0 N–H and O–H groups in total. The van der Waals surface area contributed by atoms with Gasteiger partial charge in [0.25, 0.3) is 5.89 Å². The highest BCUT2D eigenvalue weighted by Crippen LogP contribution is 2.28. The Morgan fingerprint density at radius 1 is 1.25 bits per heavy atom. The van der Waals surface area contributed by atoms with E-state index in [4.69, 9.17) is 9.26 Å². The molecular weight excluding hydrogens is 280 g/mol. The standard InChI is InChI=1S/C13H14N2O4S/c1-20(16,17)10-6-4-9(5-7-10)12-14-13(19-15-12)11-3-2-8-18-11/h4-7,11H,2-3,8H2,1H3/t11-/m1/s1. The molecule has 1 fully saturated rings. The third-order valence-electron chi connectivity index (χ3n) is 3.19. The van der Waals surface area contributed by atoms with E-state index in [1.54, 1.807) is 12.1 Å². The largest absolute Gasteiger partial charge is 0.368 e. The third kappa shape index (κ3) is 2.59. The molecule has 0 bridgehead atoms. The lowest BCUT2D eigenvalue weighted by atomic mass is 10.2. The third-order valence-corrected chi connectivity index (χ3v) is 4.32. The van der Waals surface area contributed by atoms with Gasteiger partial charge < -0.3 is 9.26 Å². The number of rotatable bonds is 3. The smallest absolute Gasteiger partial charge is 0.256 e. The molecule has 2 aromatic rings. The van der Waals surface area contributed by atoms with E-state index in [2.05, 4.69) is 10.1 Å². The normalized spacial score (nSPS) is 19.4. The fraction of sp³-hybridized carbons (Fsp3) is 0.385. The van der Waals surface area contributed by atoms with Crippen molar-refractivity contribution >= 4 is 9.84 Å². The van der Waals surface area contributed by atoms with Gasteiger partial charge in [-0.1, -0.05) is 5.16 Å². The Labute approximate surface area is 116 Å². The fourth-order valence-corrected chi connectivity index (χ4v) is 2.74. The fourth-order valence-electron chi connectivity index (χ4n) is 2.11. The molecule has 1 aliphatic rings. The molecule has 0 spiro atoms. The first-order chi connectivity index (χ1) is 9.54. The number of aromatic nitrogens is 2. The van der Waals surface area contributed by atoms with Crippen LogP contribution in [0.1, 0.15) is 24.8 Å². The second-order valence-corrected chi connectivity index (χ2v) is 6.77. The number of sulfone groups is 1. The number of benzene rings is 1. The first-order valence-electron chi connectivity index (χ1n) is 6.30. The van der Waals surface area contributed by atoms with Crippen LogP contribution in [0.5, 0.6) is 0 Å². The van der Waals surface area contributed by atoms with Crippen molar-refractivity contribution < 1.29 is 17.7 Å². The van der Waals surface area contributed by atoms with Gasteiger partial charge in [0, 0.05) is 18.4 Å². The topological polar surface area (TPSA) is 82.3 Å². The van der Waals surface area contributed by atoms with Crippen LogP contribution in [-0.4, -0.2) is 31.4 Å². The van der Waals surface area contributed by atoms with E-state index < -0.39 is 9.84 Å². The minimum absolute atomic E-state index is 0.119. The number of nitrogens with zero attached hydrogens (tertiary/aromatic N) is 2. The monoisotopic (exact) mass is 294 g/mol. The molecule has 1 aromatic heterocycles. The molecule has 106 valence electrons. The van der Waals surface area contributed by atoms with Crippen molar-refractivity contribution in [2.75, 3.05) is 12.9 Å². The Bertz CT molecular complexity index is 700. The van der Waals surface area contributed by atoms with Gasteiger partial charge in [0.1, 0.15) is 6.10 Å². The minimum atomic E-state index is -3.19. The van der Waals surface area contributed by atoms with Crippen molar-refractivity contribution in [1.29, 1.82) is 0 Å². The van der Waals surface area contributed by atoms with Crippen LogP contribution in [0.4, 0.5) is 0 Å². The molecule has 6 nitrogen and oxygen atoms in total. The van der Waals surface area contributed by atoms with E-state index in [0.29, 0.717) is 23.9 Å². The maximum atomic E-state index is 11.4. The van der Waals surface area contributed by atoms with Crippen molar-refractivity contribution in [2.45, 2.75) is 23.8 Å². The average molecular weight is 294 g/mol. The summed E-state index contributed by atoms with van der Waals surface area (Å²) in [6.45, 7) is 0.714. The first kappa shape index (κ1) is 13.3. The van der Waals surface area contributed by atoms with Crippen molar-refractivity contribution in [3.8, 4) is 11.4 Å². The average Bonchev–Trinajstić information content (AvgIpc) is 3.09. The van der Waals surface area contributed by atoms with Gasteiger partial charge in [-0.2, -0.15) is 4.98 Å². The molecule has 1 atom stereocenters. The van der Waals surface area contributed by atoms with Crippen LogP contribution in [0.25, 0.3) is 11.4 Å².